The van der Waals surface area contributed by atoms with E-state index < -0.39 is 0 Å². The van der Waals surface area contributed by atoms with Crippen molar-refractivity contribution < 1.29 is 13.9 Å². The van der Waals surface area contributed by atoms with Gasteiger partial charge in [0.1, 0.15) is 17.7 Å². The number of amides is 1. The van der Waals surface area contributed by atoms with E-state index in [9.17, 15) is 9.18 Å². The topological polar surface area (TPSA) is 55.3 Å². The van der Waals surface area contributed by atoms with Gasteiger partial charge in [0.05, 0.1) is 0 Å². The third kappa shape index (κ3) is 3.83. The molecule has 0 N–H and O–H groups in total. The van der Waals surface area contributed by atoms with Crippen LogP contribution in [-0.2, 0) is 0 Å². The molecule has 0 unspecified atom stereocenters. The quantitative estimate of drug-likeness (QED) is 0.873. The number of halogens is 1. The highest BCUT2D eigenvalue weighted by Gasteiger charge is 2.25. The Hall–Kier alpha value is -2.50. The Labute approximate surface area is 134 Å². The van der Waals surface area contributed by atoms with Gasteiger partial charge in [0.2, 0.25) is 5.88 Å². The van der Waals surface area contributed by atoms with Gasteiger partial charge in [-0.25, -0.2) is 9.37 Å². The van der Waals surface area contributed by atoms with Crippen LogP contribution in [-0.4, -0.2) is 40.0 Å². The molecule has 120 valence electrons. The van der Waals surface area contributed by atoms with Gasteiger partial charge in [-0.15, -0.1) is 0 Å². The van der Waals surface area contributed by atoms with E-state index in [1.165, 1.54) is 24.3 Å². The third-order valence-corrected chi connectivity index (χ3v) is 3.86. The second-order valence-corrected chi connectivity index (χ2v) is 5.56. The molecule has 2 aromatic rings. The fourth-order valence-electron chi connectivity index (χ4n) is 2.62. The molecule has 0 spiro atoms. The first-order chi connectivity index (χ1) is 11.1. The predicted molar refractivity (Wildman–Crippen MR) is 82.7 cm³/mol. The summed E-state index contributed by atoms with van der Waals surface area (Å²) in [5.74, 6) is 0.836. The van der Waals surface area contributed by atoms with E-state index in [1.807, 2.05) is 6.92 Å². The van der Waals surface area contributed by atoms with Crippen LogP contribution in [0.1, 0.15) is 29.0 Å². The van der Waals surface area contributed by atoms with E-state index in [0.29, 0.717) is 30.4 Å². The van der Waals surface area contributed by atoms with Crippen molar-refractivity contribution in [3.8, 4) is 5.88 Å². The number of hydrogen-bond donors (Lipinski definition) is 0. The number of piperidine rings is 1. The minimum atomic E-state index is -0.339. The van der Waals surface area contributed by atoms with Crippen LogP contribution in [0, 0.1) is 12.7 Å². The second-order valence-electron chi connectivity index (χ2n) is 5.56. The average Bonchev–Trinajstić information content (AvgIpc) is 2.56. The summed E-state index contributed by atoms with van der Waals surface area (Å²) in [5, 5.41) is 0. The summed E-state index contributed by atoms with van der Waals surface area (Å²) in [6.07, 6.45) is 3.21. The maximum Gasteiger partial charge on any atom is 0.253 e. The fraction of sp³-hybridized carbons (Fsp3) is 0.353. The Kier molecular flexibility index (Phi) is 4.50. The SMILES string of the molecule is Cc1nccc(OC2CCN(C(=O)c3ccc(F)cc3)CC2)n1. The minimum Gasteiger partial charge on any atom is -0.474 e. The van der Waals surface area contributed by atoms with Gasteiger partial charge in [0, 0.05) is 43.8 Å². The van der Waals surface area contributed by atoms with E-state index >= 15 is 0 Å². The molecule has 5 nitrogen and oxygen atoms in total. The smallest absolute Gasteiger partial charge is 0.253 e. The summed E-state index contributed by atoms with van der Waals surface area (Å²) < 4.78 is 18.8. The molecule has 0 bridgehead atoms. The zero-order valence-electron chi connectivity index (χ0n) is 12.9. The summed E-state index contributed by atoms with van der Waals surface area (Å²) in [5.41, 5.74) is 0.511. The van der Waals surface area contributed by atoms with Crippen LogP contribution in [0.3, 0.4) is 0 Å². The Balaban J connectivity index is 1.55. The zero-order valence-corrected chi connectivity index (χ0v) is 12.9. The number of likely N-dealkylation sites (tertiary alicyclic amines) is 1. The molecule has 1 fully saturated rings. The molecule has 23 heavy (non-hydrogen) atoms. The molecule has 0 atom stereocenters. The number of hydrogen-bond acceptors (Lipinski definition) is 4. The van der Waals surface area contributed by atoms with Crippen molar-refractivity contribution >= 4 is 5.91 Å². The van der Waals surface area contributed by atoms with Gasteiger partial charge in [-0.3, -0.25) is 4.79 Å². The van der Waals surface area contributed by atoms with Crippen molar-refractivity contribution in [1.29, 1.82) is 0 Å². The number of carbonyl (C=O) groups excluding carboxylic acids is 1. The molecule has 1 amide bonds. The lowest BCUT2D eigenvalue weighted by Gasteiger charge is -2.32. The number of ether oxygens (including phenoxy) is 1. The monoisotopic (exact) mass is 315 g/mol. The highest BCUT2D eigenvalue weighted by molar-refractivity contribution is 5.94. The van der Waals surface area contributed by atoms with Gasteiger partial charge in [-0.1, -0.05) is 0 Å². The Morgan fingerprint density at radius 3 is 2.57 bits per heavy atom. The lowest BCUT2D eigenvalue weighted by atomic mass is 10.1. The zero-order chi connectivity index (χ0) is 16.2. The average molecular weight is 315 g/mol. The number of benzene rings is 1. The molecule has 0 saturated carbocycles. The molecule has 1 aliphatic rings. The molecule has 1 aliphatic heterocycles. The number of aryl methyl sites for hydroxylation is 1. The van der Waals surface area contributed by atoms with Gasteiger partial charge in [-0.05, 0) is 31.2 Å². The molecule has 0 radical (unpaired) electrons. The number of nitrogens with zero attached hydrogens (tertiary/aromatic N) is 3. The van der Waals surface area contributed by atoms with Gasteiger partial charge >= 0.3 is 0 Å². The second kappa shape index (κ2) is 6.73. The number of rotatable bonds is 3. The lowest BCUT2D eigenvalue weighted by Crippen LogP contribution is -2.41. The van der Waals surface area contributed by atoms with Crippen molar-refractivity contribution in [2.75, 3.05) is 13.1 Å². The molecule has 1 aromatic heterocycles. The van der Waals surface area contributed by atoms with Gasteiger partial charge < -0.3 is 9.64 Å². The molecular formula is C17H18FN3O2. The third-order valence-electron chi connectivity index (χ3n) is 3.86. The Bertz CT molecular complexity index is 682. The minimum absolute atomic E-state index is 0.0431. The highest BCUT2D eigenvalue weighted by atomic mass is 19.1. The van der Waals surface area contributed by atoms with Gasteiger partial charge in [0.15, 0.2) is 0 Å². The van der Waals surface area contributed by atoms with Crippen LogP contribution in [0.4, 0.5) is 4.39 Å². The maximum atomic E-state index is 12.9. The van der Waals surface area contributed by atoms with E-state index in [4.69, 9.17) is 4.74 Å². The number of aromatic nitrogens is 2. The summed E-state index contributed by atoms with van der Waals surface area (Å²) in [7, 11) is 0. The molecule has 1 aromatic carbocycles. The molecule has 1 saturated heterocycles. The standard InChI is InChI=1S/C17H18FN3O2/c1-12-19-9-6-16(20-12)23-15-7-10-21(11-8-15)17(22)13-2-4-14(18)5-3-13/h2-6,9,15H,7-8,10-11H2,1H3. The molecule has 2 heterocycles. The lowest BCUT2D eigenvalue weighted by molar-refractivity contribution is 0.0587. The van der Waals surface area contributed by atoms with E-state index in [2.05, 4.69) is 9.97 Å². The largest absolute Gasteiger partial charge is 0.474 e. The first-order valence-electron chi connectivity index (χ1n) is 7.63. The molecule has 3 rings (SSSR count). The van der Waals surface area contributed by atoms with Crippen LogP contribution in [0.25, 0.3) is 0 Å². The van der Waals surface area contributed by atoms with Crippen LogP contribution >= 0.6 is 0 Å². The summed E-state index contributed by atoms with van der Waals surface area (Å²) >= 11 is 0. The first-order valence-corrected chi connectivity index (χ1v) is 7.63. The van der Waals surface area contributed by atoms with Crippen molar-refractivity contribution in [1.82, 2.24) is 14.9 Å². The Morgan fingerprint density at radius 2 is 1.91 bits per heavy atom. The van der Waals surface area contributed by atoms with Crippen LogP contribution in [0.15, 0.2) is 36.5 Å². The van der Waals surface area contributed by atoms with Gasteiger partial charge in [0.25, 0.3) is 5.91 Å². The molecular weight excluding hydrogens is 297 g/mol. The van der Waals surface area contributed by atoms with Gasteiger partial charge in [-0.2, -0.15) is 4.98 Å². The maximum absolute atomic E-state index is 12.9. The van der Waals surface area contributed by atoms with Crippen LogP contribution in [0.2, 0.25) is 0 Å². The first kappa shape index (κ1) is 15.4. The molecule has 6 heteroatoms. The highest BCUT2D eigenvalue weighted by Crippen LogP contribution is 2.19. The van der Waals surface area contributed by atoms with Crippen molar-refractivity contribution in [2.45, 2.75) is 25.9 Å². The predicted octanol–water partition coefficient (Wildman–Crippen LogP) is 2.61. The number of carbonyl (C=O) groups is 1. The Morgan fingerprint density at radius 1 is 1.22 bits per heavy atom. The van der Waals surface area contributed by atoms with E-state index in [0.717, 1.165) is 12.8 Å². The van der Waals surface area contributed by atoms with Crippen LogP contribution in [0.5, 0.6) is 5.88 Å². The summed E-state index contributed by atoms with van der Waals surface area (Å²) in [6.45, 7) is 3.05. The normalized spacial score (nSPS) is 15.5. The van der Waals surface area contributed by atoms with Crippen molar-refractivity contribution in [3.63, 3.8) is 0 Å². The van der Waals surface area contributed by atoms with Crippen LogP contribution < -0.4 is 4.74 Å². The molecule has 0 aliphatic carbocycles. The van der Waals surface area contributed by atoms with E-state index in [1.54, 1.807) is 17.2 Å². The van der Waals surface area contributed by atoms with E-state index in [-0.39, 0.29) is 17.8 Å². The summed E-state index contributed by atoms with van der Waals surface area (Å²) in [6, 6.07) is 7.39. The fourth-order valence-corrected chi connectivity index (χ4v) is 2.62. The van der Waals surface area contributed by atoms with Crippen molar-refractivity contribution in [2.24, 2.45) is 0 Å². The van der Waals surface area contributed by atoms with Crippen molar-refractivity contribution in [3.05, 3.63) is 53.7 Å². The summed E-state index contributed by atoms with van der Waals surface area (Å²) in [4.78, 5) is 22.4.